The lowest BCUT2D eigenvalue weighted by Crippen LogP contribution is -2.39. The van der Waals surface area contributed by atoms with Gasteiger partial charge in [-0.25, -0.2) is 4.98 Å². The highest BCUT2D eigenvalue weighted by atomic mass is 16.2. The molecule has 1 aromatic carbocycles. The van der Waals surface area contributed by atoms with Crippen molar-refractivity contribution in [2.75, 3.05) is 29.9 Å². The van der Waals surface area contributed by atoms with Crippen LogP contribution in [0.2, 0.25) is 0 Å². The van der Waals surface area contributed by atoms with Gasteiger partial charge in [0, 0.05) is 43.5 Å². The van der Waals surface area contributed by atoms with Crippen LogP contribution in [0.25, 0.3) is 10.9 Å². The van der Waals surface area contributed by atoms with E-state index in [-0.39, 0.29) is 24.7 Å². The number of hydrogen-bond acceptors (Lipinski definition) is 4. The van der Waals surface area contributed by atoms with Crippen molar-refractivity contribution in [1.29, 1.82) is 0 Å². The molecule has 1 aromatic heterocycles. The Labute approximate surface area is 209 Å². The lowest BCUT2D eigenvalue weighted by atomic mass is 9.92. The fourth-order valence-electron chi connectivity index (χ4n) is 5.50. The quantitative estimate of drug-likeness (QED) is 0.476. The van der Waals surface area contributed by atoms with Crippen molar-refractivity contribution in [3.8, 4) is 0 Å². The Hall–Kier alpha value is -2.89. The predicted molar refractivity (Wildman–Crippen MR) is 144 cm³/mol. The normalized spacial score (nSPS) is 20.4. The number of rotatable bonds is 8. The third-order valence-electron chi connectivity index (χ3n) is 7.21. The molecule has 188 valence electrons. The lowest BCUT2D eigenvalue weighted by Gasteiger charge is -2.36. The molecule has 2 atom stereocenters. The minimum atomic E-state index is -0.145. The number of nitrogens with one attached hydrogen (secondary N) is 2. The number of fused-ring (bicyclic) bond motifs is 1. The van der Waals surface area contributed by atoms with Crippen molar-refractivity contribution in [1.82, 2.24) is 10.3 Å². The van der Waals surface area contributed by atoms with Gasteiger partial charge in [-0.15, -0.1) is 0 Å². The van der Waals surface area contributed by atoms with Crippen LogP contribution >= 0.6 is 0 Å². The first kappa shape index (κ1) is 25.2. The highest BCUT2D eigenvalue weighted by Crippen LogP contribution is 2.29. The molecule has 2 amide bonds. The van der Waals surface area contributed by atoms with Crippen LogP contribution < -0.4 is 15.5 Å². The second-order valence-electron chi connectivity index (χ2n) is 10.6. The summed E-state index contributed by atoms with van der Waals surface area (Å²) >= 11 is 0. The van der Waals surface area contributed by atoms with Crippen LogP contribution in [-0.2, 0) is 9.59 Å². The van der Waals surface area contributed by atoms with Gasteiger partial charge in [-0.05, 0) is 87.1 Å². The van der Waals surface area contributed by atoms with E-state index >= 15 is 0 Å². The van der Waals surface area contributed by atoms with Gasteiger partial charge in [0.05, 0.1) is 5.52 Å². The molecule has 0 unspecified atom stereocenters. The standard InChI is InChI=1S/C29H40N4O2/c1-20-15-21(2)19-33(18-20)27-16-22(3)25-17-24(9-10-26(25)32-27)31-29(35)12-11-28(34)30-14-13-23-7-5-4-6-8-23/h7,9-10,16-17,20-21H,4-6,8,11-15,18-19H2,1-3H3,(H,30,34)(H,31,35)/t20-,21-/m0/s1. The molecular formula is C29H40N4O2. The average Bonchev–Trinajstić information content (AvgIpc) is 2.83. The van der Waals surface area contributed by atoms with Gasteiger partial charge in [0.1, 0.15) is 5.82 Å². The summed E-state index contributed by atoms with van der Waals surface area (Å²) in [5.41, 5.74) is 4.28. The lowest BCUT2D eigenvalue weighted by molar-refractivity contribution is -0.124. The van der Waals surface area contributed by atoms with Crippen LogP contribution in [0.1, 0.15) is 70.8 Å². The molecule has 0 bridgehead atoms. The maximum absolute atomic E-state index is 12.5. The van der Waals surface area contributed by atoms with Gasteiger partial charge in [0.15, 0.2) is 0 Å². The van der Waals surface area contributed by atoms with Crippen LogP contribution in [0.3, 0.4) is 0 Å². The number of carbonyl (C=O) groups excluding carboxylic acids is 2. The Morgan fingerprint density at radius 3 is 2.57 bits per heavy atom. The average molecular weight is 477 g/mol. The molecule has 1 fully saturated rings. The molecule has 0 spiro atoms. The van der Waals surface area contributed by atoms with E-state index in [0.717, 1.165) is 60.3 Å². The van der Waals surface area contributed by atoms with E-state index in [4.69, 9.17) is 4.98 Å². The van der Waals surface area contributed by atoms with Crippen molar-refractivity contribution in [3.63, 3.8) is 0 Å². The molecule has 1 aliphatic heterocycles. The summed E-state index contributed by atoms with van der Waals surface area (Å²) in [6, 6.07) is 8.02. The number of hydrogen-bond donors (Lipinski definition) is 2. The van der Waals surface area contributed by atoms with E-state index in [1.54, 1.807) is 0 Å². The van der Waals surface area contributed by atoms with E-state index in [0.29, 0.717) is 18.4 Å². The maximum atomic E-state index is 12.5. The van der Waals surface area contributed by atoms with Crippen LogP contribution in [0.4, 0.5) is 11.5 Å². The number of carbonyl (C=O) groups is 2. The molecule has 35 heavy (non-hydrogen) atoms. The molecule has 1 aliphatic carbocycles. The Morgan fingerprint density at radius 2 is 1.83 bits per heavy atom. The van der Waals surface area contributed by atoms with Crippen LogP contribution in [0, 0.1) is 18.8 Å². The number of pyridine rings is 1. The van der Waals surface area contributed by atoms with Gasteiger partial charge >= 0.3 is 0 Å². The van der Waals surface area contributed by atoms with Crippen LogP contribution in [0.15, 0.2) is 35.9 Å². The highest BCUT2D eigenvalue weighted by Gasteiger charge is 2.23. The Morgan fingerprint density at radius 1 is 1.06 bits per heavy atom. The zero-order valence-electron chi connectivity index (χ0n) is 21.5. The van der Waals surface area contributed by atoms with Gasteiger partial charge in [0.2, 0.25) is 11.8 Å². The number of nitrogens with zero attached hydrogens (tertiary/aromatic N) is 2. The number of amides is 2. The van der Waals surface area contributed by atoms with Gasteiger partial charge < -0.3 is 15.5 Å². The summed E-state index contributed by atoms with van der Waals surface area (Å²) in [5, 5.41) is 6.94. The van der Waals surface area contributed by atoms with Crippen molar-refractivity contribution >= 4 is 34.2 Å². The monoisotopic (exact) mass is 476 g/mol. The molecular weight excluding hydrogens is 436 g/mol. The summed E-state index contributed by atoms with van der Waals surface area (Å²) in [6.07, 6.45) is 9.70. The topological polar surface area (TPSA) is 74.3 Å². The van der Waals surface area contributed by atoms with E-state index < -0.39 is 0 Å². The maximum Gasteiger partial charge on any atom is 0.224 e. The largest absolute Gasteiger partial charge is 0.356 e. The molecule has 2 N–H and O–H groups in total. The molecule has 1 saturated heterocycles. The molecule has 2 heterocycles. The summed E-state index contributed by atoms with van der Waals surface area (Å²) in [6.45, 7) is 9.46. The minimum absolute atomic E-state index is 0.0657. The highest BCUT2D eigenvalue weighted by molar-refractivity contribution is 5.96. The number of piperidine rings is 1. The minimum Gasteiger partial charge on any atom is -0.356 e. The Balaban J connectivity index is 1.29. The van der Waals surface area contributed by atoms with Crippen molar-refractivity contribution in [2.45, 2.75) is 72.1 Å². The van der Waals surface area contributed by atoms with E-state index in [2.05, 4.69) is 48.4 Å². The molecule has 6 heteroatoms. The number of aromatic nitrogens is 1. The van der Waals surface area contributed by atoms with Gasteiger partial charge in [-0.1, -0.05) is 25.5 Å². The summed E-state index contributed by atoms with van der Waals surface area (Å²) in [4.78, 5) is 31.9. The van der Waals surface area contributed by atoms with Crippen molar-refractivity contribution in [3.05, 3.63) is 41.5 Å². The SMILES string of the molecule is Cc1cc(N2C[C@@H](C)C[C@H](C)C2)nc2ccc(NC(=O)CCC(=O)NCCC3=CCCCC3)cc12. The van der Waals surface area contributed by atoms with E-state index in [9.17, 15) is 9.59 Å². The summed E-state index contributed by atoms with van der Waals surface area (Å²) in [5.74, 6) is 2.17. The summed E-state index contributed by atoms with van der Waals surface area (Å²) < 4.78 is 0. The van der Waals surface area contributed by atoms with Gasteiger partial charge in [-0.2, -0.15) is 0 Å². The molecule has 4 rings (SSSR count). The molecule has 0 radical (unpaired) electrons. The third kappa shape index (κ3) is 7.06. The second-order valence-corrected chi connectivity index (χ2v) is 10.6. The zero-order chi connectivity index (χ0) is 24.8. The zero-order valence-corrected chi connectivity index (χ0v) is 21.5. The Bertz CT molecular complexity index is 1080. The molecule has 2 aliphatic rings. The first-order valence-electron chi connectivity index (χ1n) is 13.3. The predicted octanol–water partition coefficient (Wildman–Crippen LogP) is 5.75. The summed E-state index contributed by atoms with van der Waals surface area (Å²) in [7, 11) is 0. The van der Waals surface area contributed by atoms with Crippen LogP contribution in [-0.4, -0.2) is 36.4 Å². The van der Waals surface area contributed by atoms with Crippen molar-refractivity contribution < 1.29 is 9.59 Å². The fraction of sp³-hybridized carbons (Fsp3) is 0.552. The van der Waals surface area contributed by atoms with Gasteiger partial charge in [0.25, 0.3) is 0 Å². The van der Waals surface area contributed by atoms with Crippen LogP contribution in [0.5, 0.6) is 0 Å². The number of allylic oxidation sites excluding steroid dienone is 1. The smallest absolute Gasteiger partial charge is 0.224 e. The Kier molecular flexibility index (Phi) is 8.42. The number of aryl methyl sites for hydroxylation is 1. The first-order chi connectivity index (χ1) is 16.9. The van der Waals surface area contributed by atoms with Gasteiger partial charge in [-0.3, -0.25) is 9.59 Å². The first-order valence-corrected chi connectivity index (χ1v) is 13.3. The molecule has 0 saturated carbocycles. The molecule has 2 aromatic rings. The van der Waals surface area contributed by atoms with E-state index in [1.807, 2.05) is 18.2 Å². The third-order valence-corrected chi connectivity index (χ3v) is 7.21. The number of benzene rings is 1. The van der Waals surface area contributed by atoms with E-state index in [1.165, 1.54) is 24.8 Å². The fourth-order valence-corrected chi connectivity index (χ4v) is 5.50. The molecule has 6 nitrogen and oxygen atoms in total. The number of anilines is 2. The van der Waals surface area contributed by atoms with Crippen molar-refractivity contribution in [2.24, 2.45) is 11.8 Å². The second kappa shape index (κ2) is 11.7.